The molecule has 0 saturated heterocycles. The van der Waals surface area contributed by atoms with Crippen LogP contribution in [0.4, 0.5) is 0 Å². The van der Waals surface area contributed by atoms with Crippen molar-refractivity contribution in [2.75, 3.05) is 20.6 Å². The lowest BCUT2D eigenvalue weighted by Gasteiger charge is -2.25. The molecule has 2 aromatic rings. The second kappa shape index (κ2) is 12.2. The Bertz CT molecular complexity index is 1010. The minimum atomic E-state index is -0.494. The fourth-order valence-corrected chi connectivity index (χ4v) is 3.88. The molecule has 3 rings (SSSR count). The van der Waals surface area contributed by atoms with Crippen LogP contribution in [-0.4, -0.2) is 37.3 Å². The normalized spacial score (nSPS) is 17.6. The molecule has 1 aliphatic carbocycles. The number of benzene rings is 2. The molecular weight excluding hydrogens is 469 g/mol. The molecule has 0 amide bonds. The van der Waals surface area contributed by atoms with Gasteiger partial charge in [0, 0.05) is 18.5 Å². The molecule has 0 N–H and O–H groups in total. The molecule has 0 aromatic heterocycles. The molecule has 0 heterocycles. The van der Waals surface area contributed by atoms with E-state index in [0.29, 0.717) is 15.8 Å². The van der Waals surface area contributed by atoms with Crippen LogP contribution in [0.3, 0.4) is 0 Å². The van der Waals surface area contributed by atoms with Gasteiger partial charge in [-0.25, -0.2) is 4.79 Å². The molecule has 170 valence electrons. The van der Waals surface area contributed by atoms with E-state index < -0.39 is 5.97 Å². The fraction of sp³-hybridized carbons (Fsp3) is 0.280. The highest BCUT2D eigenvalue weighted by Gasteiger charge is 2.26. The number of allylic oxidation sites excluding steroid dienone is 1. The van der Waals surface area contributed by atoms with Crippen LogP contribution in [0.5, 0.6) is 5.75 Å². The summed E-state index contributed by atoms with van der Waals surface area (Å²) in [5.74, 6) is 0.248. The SMILES string of the molecule is CN(C)CC1CCCC(=Cc2ccc(OC(=O)C=Cc3ccc(Cl)c(Cl)c3)cc2)C1=O.Cl. The number of rotatable bonds is 6. The van der Waals surface area contributed by atoms with Crippen molar-refractivity contribution in [2.24, 2.45) is 5.92 Å². The van der Waals surface area contributed by atoms with Crippen molar-refractivity contribution in [1.29, 1.82) is 0 Å². The predicted octanol–water partition coefficient (Wildman–Crippen LogP) is 6.35. The van der Waals surface area contributed by atoms with Crippen molar-refractivity contribution < 1.29 is 14.3 Å². The number of carbonyl (C=O) groups excluding carboxylic acids is 2. The van der Waals surface area contributed by atoms with Gasteiger partial charge in [-0.05, 0) is 86.5 Å². The van der Waals surface area contributed by atoms with Crippen LogP contribution in [0.2, 0.25) is 10.0 Å². The minimum absolute atomic E-state index is 0. The minimum Gasteiger partial charge on any atom is -0.423 e. The van der Waals surface area contributed by atoms with Crippen LogP contribution in [-0.2, 0) is 9.59 Å². The Labute approximate surface area is 205 Å². The van der Waals surface area contributed by atoms with E-state index in [1.165, 1.54) is 6.08 Å². The van der Waals surface area contributed by atoms with E-state index >= 15 is 0 Å². The van der Waals surface area contributed by atoms with Gasteiger partial charge in [0.15, 0.2) is 5.78 Å². The number of ketones is 1. The average Bonchev–Trinajstić information content (AvgIpc) is 2.73. The summed E-state index contributed by atoms with van der Waals surface area (Å²) < 4.78 is 5.34. The summed E-state index contributed by atoms with van der Waals surface area (Å²) in [6.07, 6.45) is 7.66. The molecule has 1 unspecified atom stereocenters. The molecule has 0 aliphatic heterocycles. The summed E-state index contributed by atoms with van der Waals surface area (Å²) in [5.41, 5.74) is 2.53. The average molecular weight is 495 g/mol. The van der Waals surface area contributed by atoms with Crippen molar-refractivity contribution in [3.8, 4) is 5.75 Å². The molecular formula is C25H26Cl3NO3. The Hall–Kier alpha value is -2.11. The lowest BCUT2D eigenvalue weighted by Crippen LogP contribution is -2.31. The molecule has 1 atom stereocenters. The topological polar surface area (TPSA) is 46.6 Å². The highest BCUT2D eigenvalue weighted by Crippen LogP contribution is 2.28. The highest BCUT2D eigenvalue weighted by atomic mass is 35.5. The Morgan fingerprint density at radius 1 is 1.09 bits per heavy atom. The zero-order chi connectivity index (χ0) is 22.4. The van der Waals surface area contributed by atoms with Crippen LogP contribution in [0.1, 0.15) is 30.4 Å². The summed E-state index contributed by atoms with van der Waals surface area (Å²) in [7, 11) is 3.98. The molecule has 1 saturated carbocycles. The largest absolute Gasteiger partial charge is 0.423 e. The van der Waals surface area contributed by atoms with Crippen LogP contribution in [0.15, 0.2) is 54.1 Å². The fourth-order valence-electron chi connectivity index (χ4n) is 3.58. The molecule has 0 bridgehead atoms. The van der Waals surface area contributed by atoms with E-state index in [1.54, 1.807) is 36.4 Å². The van der Waals surface area contributed by atoms with Crippen molar-refractivity contribution in [2.45, 2.75) is 19.3 Å². The van der Waals surface area contributed by atoms with Crippen molar-refractivity contribution >= 4 is 59.5 Å². The second-order valence-corrected chi connectivity index (χ2v) is 8.70. The Balaban J connectivity index is 0.00000363. The molecule has 0 spiro atoms. The van der Waals surface area contributed by atoms with Gasteiger partial charge >= 0.3 is 5.97 Å². The quantitative estimate of drug-likeness (QED) is 0.267. The molecule has 7 heteroatoms. The van der Waals surface area contributed by atoms with Crippen molar-refractivity contribution in [3.05, 3.63) is 75.3 Å². The zero-order valence-corrected chi connectivity index (χ0v) is 20.3. The Kier molecular flexibility index (Phi) is 9.98. The zero-order valence-electron chi connectivity index (χ0n) is 18.0. The van der Waals surface area contributed by atoms with Gasteiger partial charge in [-0.2, -0.15) is 0 Å². The predicted molar refractivity (Wildman–Crippen MR) is 134 cm³/mol. The molecule has 0 radical (unpaired) electrons. The van der Waals surface area contributed by atoms with Gasteiger partial charge in [-0.15, -0.1) is 12.4 Å². The number of hydrogen-bond donors (Lipinski definition) is 0. The molecule has 4 nitrogen and oxygen atoms in total. The second-order valence-electron chi connectivity index (χ2n) is 7.88. The molecule has 32 heavy (non-hydrogen) atoms. The summed E-state index contributed by atoms with van der Waals surface area (Å²) >= 11 is 11.9. The maximum Gasteiger partial charge on any atom is 0.336 e. The maximum atomic E-state index is 12.7. The lowest BCUT2D eigenvalue weighted by molar-refractivity contribution is -0.129. The van der Waals surface area contributed by atoms with Crippen LogP contribution < -0.4 is 4.74 Å². The first-order valence-electron chi connectivity index (χ1n) is 10.2. The molecule has 2 aromatic carbocycles. The van der Waals surface area contributed by atoms with Gasteiger partial charge in [0.1, 0.15) is 5.75 Å². The smallest absolute Gasteiger partial charge is 0.336 e. The van der Waals surface area contributed by atoms with Gasteiger partial charge in [-0.3, -0.25) is 4.79 Å². The van der Waals surface area contributed by atoms with E-state index in [-0.39, 0.29) is 24.1 Å². The first kappa shape index (κ1) is 26.1. The third kappa shape index (κ3) is 7.49. The summed E-state index contributed by atoms with van der Waals surface area (Å²) in [4.78, 5) is 26.9. The first-order valence-corrected chi connectivity index (χ1v) is 10.9. The standard InChI is InChI=1S/C25H25Cl2NO3.ClH/c1-28(2)16-20-5-3-4-19(25(20)30)14-17-6-10-21(11-7-17)31-24(29)13-9-18-8-12-22(26)23(27)15-18;/h6-15,20H,3-5,16H2,1-2H3;1H. The summed E-state index contributed by atoms with van der Waals surface area (Å²) in [6, 6.07) is 12.2. The molecule has 1 aliphatic rings. The highest BCUT2D eigenvalue weighted by molar-refractivity contribution is 6.42. The summed E-state index contributed by atoms with van der Waals surface area (Å²) in [6.45, 7) is 0.779. The number of carbonyl (C=O) groups is 2. The van der Waals surface area contributed by atoms with E-state index in [0.717, 1.165) is 42.5 Å². The number of halogens is 3. The Morgan fingerprint density at radius 3 is 2.44 bits per heavy atom. The van der Waals surface area contributed by atoms with E-state index in [1.807, 2.05) is 32.3 Å². The number of hydrogen-bond acceptors (Lipinski definition) is 4. The number of ether oxygens (including phenoxy) is 1. The number of Topliss-reactive ketones (excluding diaryl/α,β-unsaturated/α-hetero) is 1. The first-order chi connectivity index (χ1) is 14.8. The van der Waals surface area contributed by atoms with Gasteiger partial charge in [0.2, 0.25) is 0 Å². The van der Waals surface area contributed by atoms with E-state index in [9.17, 15) is 9.59 Å². The lowest BCUT2D eigenvalue weighted by atomic mass is 9.83. The maximum absolute atomic E-state index is 12.7. The van der Waals surface area contributed by atoms with Crippen LogP contribution in [0, 0.1) is 5.92 Å². The third-order valence-electron chi connectivity index (χ3n) is 5.07. The number of nitrogens with zero attached hydrogens (tertiary/aromatic N) is 1. The van der Waals surface area contributed by atoms with Gasteiger partial charge < -0.3 is 9.64 Å². The number of esters is 1. The van der Waals surface area contributed by atoms with E-state index in [4.69, 9.17) is 27.9 Å². The van der Waals surface area contributed by atoms with Crippen molar-refractivity contribution in [1.82, 2.24) is 4.90 Å². The summed E-state index contributed by atoms with van der Waals surface area (Å²) in [5, 5.41) is 0.881. The van der Waals surface area contributed by atoms with Crippen molar-refractivity contribution in [3.63, 3.8) is 0 Å². The molecule has 1 fully saturated rings. The van der Waals surface area contributed by atoms with Gasteiger partial charge in [-0.1, -0.05) is 41.4 Å². The monoisotopic (exact) mass is 493 g/mol. The Morgan fingerprint density at radius 2 is 1.78 bits per heavy atom. The van der Waals surface area contributed by atoms with Crippen LogP contribution >= 0.6 is 35.6 Å². The third-order valence-corrected chi connectivity index (χ3v) is 5.81. The van der Waals surface area contributed by atoms with Crippen LogP contribution in [0.25, 0.3) is 12.2 Å². The van der Waals surface area contributed by atoms with Gasteiger partial charge in [0.05, 0.1) is 10.0 Å². The van der Waals surface area contributed by atoms with Gasteiger partial charge in [0.25, 0.3) is 0 Å². The van der Waals surface area contributed by atoms with E-state index in [2.05, 4.69) is 4.90 Å².